The SMILES string of the molecule is NC1CCC1Cc1cn2ccsc2n1. The van der Waals surface area contributed by atoms with Crippen LogP contribution in [0.5, 0.6) is 0 Å². The molecule has 2 heterocycles. The van der Waals surface area contributed by atoms with Gasteiger partial charge in [-0.25, -0.2) is 4.98 Å². The van der Waals surface area contributed by atoms with Crippen LogP contribution in [0.25, 0.3) is 4.96 Å². The first kappa shape index (κ1) is 8.44. The number of nitrogens with zero attached hydrogens (tertiary/aromatic N) is 2. The van der Waals surface area contributed by atoms with E-state index in [1.54, 1.807) is 11.3 Å². The number of hydrogen-bond acceptors (Lipinski definition) is 3. The Balaban J connectivity index is 1.81. The van der Waals surface area contributed by atoms with E-state index < -0.39 is 0 Å². The molecule has 0 amide bonds. The number of hydrogen-bond donors (Lipinski definition) is 1. The highest BCUT2D eigenvalue weighted by Gasteiger charge is 2.27. The van der Waals surface area contributed by atoms with Crippen molar-refractivity contribution in [1.82, 2.24) is 9.38 Å². The molecular formula is C10H13N3S. The summed E-state index contributed by atoms with van der Waals surface area (Å²) in [6.45, 7) is 0. The number of fused-ring (bicyclic) bond motifs is 1. The van der Waals surface area contributed by atoms with Gasteiger partial charge in [-0.3, -0.25) is 4.40 Å². The molecule has 1 saturated carbocycles. The maximum Gasteiger partial charge on any atom is 0.193 e. The van der Waals surface area contributed by atoms with Crippen LogP contribution in [0.2, 0.25) is 0 Å². The van der Waals surface area contributed by atoms with E-state index in [9.17, 15) is 0 Å². The second-order valence-corrected chi connectivity index (χ2v) is 4.90. The third-order valence-corrected chi connectivity index (χ3v) is 3.86. The second kappa shape index (κ2) is 3.07. The lowest BCUT2D eigenvalue weighted by Crippen LogP contribution is -2.40. The quantitative estimate of drug-likeness (QED) is 0.814. The molecule has 3 nitrogen and oxygen atoms in total. The summed E-state index contributed by atoms with van der Waals surface area (Å²) < 4.78 is 2.09. The van der Waals surface area contributed by atoms with Crippen LogP contribution < -0.4 is 5.73 Å². The minimum atomic E-state index is 0.412. The van der Waals surface area contributed by atoms with Gasteiger partial charge < -0.3 is 5.73 Å². The molecule has 0 aliphatic heterocycles. The van der Waals surface area contributed by atoms with Crippen molar-refractivity contribution >= 4 is 16.3 Å². The molecule has 74 valence electrons. The van der Waals surface area contributed by atoms with Crippen LogP contribution in [-0.2, 0) is 6.42 Å². The van der Waals surface area contributed by atoms with E-state index in [0.29, 0.717) is 12.0 Å². The van der Waals surface area contributed by atoms with Crippen molar-refractivity contribution in [2.24, 2.45) is 11.7 Å². The van der Waals surface area contributed by atoms with Crippen LogP contribution in [0, 0.1) is 5.92 Å². The van der Waals surface area contributed by atoms with Crippen LogP contribution in [-0.4, -0.2) is 15.4 Å². The van der Waals surface area contributed by atoms with Crippen molar-refractivity contribution in [2.75, 3.05) is 0 Å². The topological polar surface area (TPSA) is 43.3 Å². The summed E-state index contributed by atoms with van der Waals surface area (Å²) in [6.07, 6.45) is 7.68. The number of imidazole rings is 1. The Bertz CT molecular complexity index is 416. The number of nitrogens with two attached hydrogens (primary N) is 1. The maximum atomic E-state index is 5.91. The fraction of sp³-hybridized carbons (Fsp3) is 0.500. The van der Waals surface area contributed by atoms with Crippen molar-refractivity contribution in [3.8, 4) is 0 Å². The Hall–Kier alpha value is -0.870. The van der Waals surface area contributed by atoms with Gasteiger partial charge in [-0.1, -0.05) is 0 Å². The first-order valence-corrected chi connectivity index (χ1v) is 5.87. The summed E-state index contributed by atoms with van der Waals surface area (Å²) in [4.78, 5) is 5.65. The van der Waals surface area contributed by atoms with Gasteiger partial charge in [0.15, 0.2) is 4.96 Å². The highest BCUT2D eigenvalue weighted by atomic mass is 32.1. The second-order valence-electron chi connectivity index (χ2n) is 4.03. The monoisotopic (exact) mass is 207 g/mol. The Morgan fingerprint density at radius 1 is 1.57 bits per heavy atom. The molecule has 2 aromatic rings. The average molecular weight is 207 g/mol. The third-order valence-electron chi connectivity index (χ3n) is 3.09. The molecule has 2 unspecified atom stereocenters. The number of thiazole rings is 1. The highest BCUT2D eigenvalue weighted by molar-refractivity contribution is 7.15. The van der Waals surface area contributed by atoms with Gasteiger partial charge in [0, 0.05) is 23.8 Å². The van der Waals surface area contributed by atoms with Gasteiger partial charge in [-0.05, 0) is 25.2 Å². The average Bonchev–Trinajstić information content (AvgIpc) is 2.71. The van der Waals surface area contributed by atoms with Gasteiger partial charge in [0.05, 0.1) is 5.69 Å². The zero-order chi connectivity index (χ0) is 9.54. The molecule has 1 fully saturated rings. The van der Waals surface area contributed by atoms with Gasteiger partial charge in [0.25, 0.3) is 0 Å². The minimum absolute atomic E-state index is 0.412. The van der Waals surface area contributed by atoms with Crippen LogP contribution in [0.1, 0.15) is 18.5 Å². The first-order chi connectivity index (χ1) is 6.83. The van der Waals surface area contributed by atoms with E-state index in [2.05, 4.69) is 27.2 Å². The Kier molecular flexibility index (Phi) is 1.85. The van der Waals surface area contributed by atoms with Gasteiger partial charge in [-0.2, -0.15) is 0 Å². The largest absolute Gasteiger partial charge is 0.327 e. The molecule has 0 aromatic carbocycles. The Labute approximate surface area is 86.6 Å². The van der Waals surface area contributed by atoms with Crippen molar-refractivity contribution in [3.63, 3.8) is 0 Å². The minimum Gasteiger partial charge on any atom is -0.327 e. The standard InChI is InChI=1S/C10H13N3S/c11-9-2-1-7(9)5-8-6-13-3-4-14-10(13)12-8/h3-4,6-7,9H,1-2,5,11H2. The van der Waals surface area contributed by atoms with E-state index in [-0.39, 0.29) is 0 Å². The lowest BCUT2D eigenvalue weighted by Gasteiger charge is -2.32. The molecule has 0 radical (unpaired) electrons. The smallest absolute Gasteiger partial charge is 0.193 e. The molecular weight excluding hydrogens is 194 g/mol. The predicted molar refractivity (Wildman–Crippen MR) is 57.5 cm³/mol. The third kappa shape index (κ3) is 1.26. The summed E-state index contributed by atoms with van der Waals surface area (Å²) in [5.41, 5.74) is 7.10. The molecule has 0 saturated heterocycles. The fourth-order valence-corrected chi connectivity index (χ4v) is 2.71. The first-order valence-electron chi connectivity index (χ1n) is 4.99. The molecule has 4 heteroatoms. The van der Waals surface area contributed by atoms with Crippen LogP contribution in [0.15, 0.2) is 17.8 Å². The number of aromatic nitrogens is 2. The number of rotatable bonds is 2. The lowest BCUT2D eigenvalue weighted by molar-refractivity contribution is 0.254. The normalized spacial score (nSPS) is 26.6. The molecule has 1 aliphatic carbocycles. The molecule has 14 heavy (non-hydrogen) atoms. The van der Waals surface area contributed by atoms with Gasteiger partial charge in [0.1, 0.15) is 0 Å². The van der Waals surface area contributed by atoms with E-state index >= 15 is 0 Å². The molecule has 2 N–H and O–H groups in total. The van der Waals surface area contributed by atoms with Gasteiger partial charge in [0.2, 0.25) is 0 Å². The summed E-state index contributed by atoms with van der Waals surface area (Å²) in [5, 5.41) is 2.06. The molecule has 1 aliphatic rings. The molecule has 0 spiro atoms. The fourth-order valence-electron chi connectivity index (χ4n) is 1.99. The molecule has 0 bridgehead atoms. The van der Waals surface area contributed by atoms with Gasteiger partial charge in [-0.15, -0.1) is 11.3 Å². The van der Waals surface area contributed by atoms with Crippen molar-refractivity contribution in [1.29, 1.82) is 0 Å². The van der Waals surface area contributed by atoms with Crippen molar-refractivity contribution in [3.05, 3.63) is 23.5 Å². The zero-order valence-electron chi connectivity index (χ0n) is 7.89. The Morgan fingerprint density at radius 2 is 2.50 bits per heavy atom. The summed E-state index contributed by atoms with van der Waals surface area (Å²) in [6, 6.07) is 0.412. The summed E-state index contributed by atoms with van der Waals surface area (Å²) in [7, 11) is 0. The molecule has 2 aromatic heterocycles. The predicted octanol–water partition coefficient (Wildman–Crippen LogP) is 1.68. The van der Waals surface area contributed by atoms with E-state index in [1.807, 2.05) is 0 Å². The molecule has 2 atom stereocenters. The van der Waals surface area contributed by atoms with Gasteiger partial charge >= 0.3 is 0 Å². The summed E-state index contributed by atoms with van der Waals surface area (Å²) >= 11 is 1.68. The van der Waals surface area contributed by atoms with Crippen LogP contribution in [0.3, 0.4) is 0 Å². The Morgan fingerprint density at radius 3 is 3.14 bits per heavy atom. The molecule has 3 rings (SSSR count). The van der Waals surface area contributed by atoms with Crippen molar-refractivity contribution in [2.45, 2.75) is 25.3 Å². The summed E-state index contributed by atoms with van der Waals surface area (Å²) in [5.74, 6) is 0.666. The van der Waals surface area contributed by atoms with Crippen LogP contribution >= 0.6 is 11.3 Å². The van der Waals surface area contributed by atoms with Crippen LogP contribution in [0.4, 0.5) is 0 Å². The van der Waals surface area contributed by atoms with E-state index in [4.69, 9.17) is 5.73 Å². The lowest BCUT2D eigenvalue weighted by atomic mass is 9.77. The van der Waals surface area contributed by atoms with E-state index in [0.717, 1.165) is 11.4 Å². The zero-order valence-corrected chi connectivity index (χ0v) is 8.70. The highest BCUT2D eigenvalue weighted by Crippen LogP contribution is 2.28. The van der Waals surface area contributed by atoms with Crippen molar-refractivity contribution < 1.29 is 0 Å². The maximum absolute atomic E-state index is 5.91. The van der Waals surface area contributed by atoms with E-state index in [1.165, 1.54) is 18.5 Å².